The average Bonchev–Trinajstić information content (AvgIpc) is 2.38. The van der Waals surface area contributed by atoms with Gasteiger partial charge in [-0.25, -0.2) is 0 Å². The summed E-state index contributed by atoms with van der Waals surface area (Å²) in [4.78, 5) is 13.6. The molecule has 0 aromatic carbocycles. The minimum absolute atomic E-state index is 0.318. The van der Waals surface area contributed by atoms with Crippen LogP contribution in [0, 0.1) is 0 Å². The van der Waals surface area contributed by atoms with E-state index in [4.69, 9.17) is 0 Å². The van der Waals surface area contributed by atoms with Crippen LogP contribution in [0.4, 0.5) is 0 Å². The molecule has 0 amide bonds. The minimum Gasteiger partial charge on any atom is -0.462 e. The Morgan fingerprint density at radius 1 is 1.50 bits per heavy atom. The molecule has 0 aromatic heterocycles. The molecule has 70 valence electrons. The first-order chi connectivity index (χ1) is 5.56. The van der Waals surface area contributed by atoms with Gasteiger partial charge < -0.3 is 4.74 Å². The number of carbonyl (C=O) groups excluding carboxylic acids is 1. The van der Waals surface area contributed by atoms with Crippen molar-refractivity contribution in [1.82, 2.24) is 0 Å². The van der Waals surface area contributed by atoms with Crippen molar-refractivity contribution >= 4 is 12.7 Å². The molecule has 0 fully saturated rings. The zero-order valence-electron chi connectivity index (χ0n) is 8.04. The van der Waals surface area contributed by atoms with E-state index in [1.807, 2.05) is 27.0 Å². The molecule has 0 N–H and O–H groups in total. The van der Waals surface area contributed by atoms with Crippen molar-refractivity contribution in [2.45, 2.75) is 39.2 Å². The average molecular weight is 171 g/mol. The third-order valence-corrected chi connectivity index (χ3v) is 1.15. The molecule has 1 rings (SSSR count). The Kier molecular flexibility index (Phi) is 5.34. The second-order valence-corrected chi connectivity index (χ2v) is 3.56. The molecular formula is C9H17NO2. The van der Waals surface area contributed by atoms with Gasteiger partial charge in [0.15, 0.2) is 0 Å². The van der Waals surface area contributed by atoms with Crippen molar-refractivity contribution < 1.29 is 9.53 Å². The van der Waals surface area contributed by atoms with E-state index in [0.29, 0.717) is 6.47 Å². The highest BCUT2D eigenvalue weighted by Gasteiger charge is 2.07. The summed E-state index contributed by atoms with van der Waals surface area (Å²) in [6.07, 6.45) is 4.47. The summed E-state index contributed by atoms with van der Waals surface area (Å²) in [5.74, 6) is 0. The second-order valence-electron chi connectivity index (χ2n) is 3.56. The van der Waals surface area contributed by atoms with Crippen LogP contribution in [0.3, 0.4) is 0 Å². The van der Waals surface area contributed by atoms with Crippen LogP contribution in [0.1, 0.15) is 33.6 Å². The Morgan fingerprint density at radius 3 is 2.25 bits per heavy atom. The topological polar surface area (TPSA) is 38.7 Å². The van der Waals surface area contributed by atoms with Crippen molar-refractivity contribution in [1.29, 1.82) is 0 Å². The Balaban J connectivity index is 0.000000211. The number of hydrogen-bond donors (Lipinski definition) is 0. The molecule has 1 aliphatic heterocycles. The summed E-state index contributed by atoms with van der Waals surface area (Å²) in [5, 5.41) is 0. The van der Waals surface area contributed by atoms with Gasteiger partial charge in [-0.1, -0.05) is 0 Å². The van der Waals surface area contributed by atoms with Gasteiger partial charge in [0, 0.05) is 6.54 Å². The molecule has 0 saturated heterocycles. The number of nitrogens with zero attached hydrogens (tertiary/aromatic N) is 1. The Labute approximate surface area is 73.8 Å². The summed E-state index contributed by atoms with van der Waals surface area (Å²) in [5.41, 5.74) is -0.318. The number of hydrogen-bond acceptors (Lipinski definition) is 3. The van der Waals surface area contributed by atoms with E-state index in [9.17, 15) is 4.79 Å². The van der Waals surface area contributed by atoms with Crippen LogP contribution in [-0.2, 0) is 9.53 Å². The Bertz CT molecular complexity index is 141. The monoisotopic (exact) mass is 171 g/mol. The predicted molar refractivity (Wildman–Crippen MR) is 49.5 cm³/mol. The molecule has 0 spiro atoms. The fraction of sp³-hybridized carbons (Fsp3) is 0.778. The van der Waals surface area contributed by atoms with Crippen molar-refractivity contribution in [2.24, 2.45) is 4.99 Å². The molecule has 12 heavy (non-hydrogen) atoms. The van der Waals surface area contributed by atoms with Crippen LogP contribution in [0.25, 0.3) is 0 Å². The molecule has 0 radical (unpaired) electrons. The molecule has 0 atom stereocenters. The molecule has 3 nitrogen and oxygen atoms in total. The van der Waals surface area contributed by atoms with Crippen molar-refractivity contribution in [2.75, 3.05) is 6.54 Å². The van der Waals surface area contributed by atoms with Crippen LogP contribution in [0.15, 0.2) is 4.99 Å². The molecule has 0 aromatic rings. The Morgan fingerprint density at radius 2 is 2.17 bits per heavy atom. The summed E-state index contributed by atoms with van der Waals surface area (Å²) in [6.45, 7) is 6.99. The van der Waals surface area contributed by atoms with Gasteiger partial charge in [-0.2, -0.15) is 0 Å². The molecule has 0 bridgehead atoms. The van der Waals surface area contributed by atoms with Gasteiger partial charge in [0.2, 0.25) is 0 Å². The van der Waals surface area contributed by atoms with Gasteiger partial charge >= 0.3 is 0 Å². The maximum Gasteiger partial charge on any atom is 0.293 e. The van der Waals surface area contributed by atoms with Gasteiger partial charge in [0.1, 0.15) is 5.60 Å². The zero-order valence-corrected chi connectivity index (χ0v) is 8.04. The Hall–Kier alpha value is -0.860. The van der Waals surface area contributed by atoms with E-state index in [0.717, 1.165) is 6.54 Å². The second kappa shape index (κ2) is 5.75. The first kappa shape index (κ1) is 11.1. The highest BCUT2D eigenvalue weighted by atomic mass is 16.5. The predicted octanol–water partition coefficient (Wildman–Crippen LogP) is 1.81. The van der Waals surface area contributed by atoms with Crippen LogP contribution < -0.4 is 0 Å². The van der Waals surface area contributed by atoms with Gasteiger partial charge in [0.25, 0.3) is 6.47 Å². The number of carbonyl (C=O) groups is 1. The number of rotatable bonds is 1. The lowest BCUT2D eigenvalue weighted by atomic mass is 10.2. The van der Waals surface area contributed by atoms with Crippen LogP contribution in [-0.4, -0.2) is 24.8 Å². The van der Waals surface area contributed by atoms with Gasteiger partial charge in [-0.3, -0.25) is 9.79 Å². The summed E-state index contributed by atoms with van der Waals surface area (Å²) < 4.78 is 4.55. The van der Waals surface area contributed by atoms with E-state index in [1.54, 1.807) is 0 Å². The largest absolute Gasteiger partial charge is 0.462 e. The van der Waals surface area contributed by atoms with Gasteiger partial charge in [-0.05, 0) is 39.8 Å². The van der Waals surface area contributed by atoms with Crippen LogP contribution >= 0.6 is 0 Å². The fourth-order valence-corrected chi connectivity index (χ4v) is 0.601. The molecule has 1 aliphatic rings. The van der Waals surface area contributed by atoms with E-state index < -0.39 is 0 Å². The van der Waals surface area contributed by atoms with E-state index in [2.05, 4.69) is 9.73 Å². The summed E-state index contributed by atoms with van der Waals surface area (Å²) in [7, 11) is 0. The maximum atomic E-state index is 9.60. The standard InChI is InChI=1S/C5H10O2.C4H7N/c1-5(2,3)7-4-6;1-2-4-5-3-1/h4H,1-3H3;3H,1-2,4H2. The van der Waals surface area contributed by atoms with Crippen LogP contribution in [0.5, 0.6) is 0 Å². The first-order valence-corrected chi connectivity index (χ1v) is 4.16. The lowest BCUT2D eigenvalue weighted by molar-refractivity contribution is -0.138. The normalized spacial score (nSPS) is 14.9. The third-order valence-electron chi connectivity index (χ3n) is 1.15. The number of ether oxygens (including phenoxy) is 1. The highest BCUT2D eigenvalue weighted by Crippen LogP contribution is 2.02. The van der Waals surface area contributed by atoms with E-state index >= 15 is 0 Å². The lowest BCUT2D eigenvalue weighted by Gasteiger charge is -2.14. The highest BCUT2D eigenvalue weighted by molar-refractivity contribution is 5.58. The van der Waals surface area contributed by atoms with Crippen LogP contribution in [0.2, 0.25) is 0 Å². The van der Waals surface area contributed by atoms with E-state index in [1.165, 1.54) is 12.8 Å². The molecular weight excluding hydrogens is 154 g/mol. The number of aliphatic imine (C=N–C) groups is 1. The van der Waals surface area contributed by atoms with E-state index in [-0.39, 0.29) is 5.60 Å². The van der Waals surface area contributed by atoms with Gasteiger partial charge in [0.05, 0.1) is 0 Å². The third kappa shape index (κ3) is 9.14. The summed E-state index contributed by atoms with van der Waals surface area (Å²) in [6, 6.07) is 0. The summed E-state index contributed by atoms with van der Waals surface area (Å²) >= 11 is 0. The molecule has 0 aliphatic carbocycles. The van der Waals surface area contributed by atoms with Crippen molar-refractivity contribution in [3.05, 3.63) is 0 Å². The molecule has 0 unspecified atom stereocenters. The van der Waals surface area contributed by atoms with Crippen molar-refractivity contribution in [3.63, 3.8) is 0 Å². The molecule has 3 heteroatoms. The quantitative estimate of drug-likeness (QED) is 0.564. The lowest BCUT2D eigenvalue weighted by Crippen LogP contribution is -2.17. The zero-order chi connectivity index (χ0) is 9.45. The van der Waals surface area contributed by atoms with Crippen molar-refractivity contribution in [3.8, 4) is 0 Å². The fourth-order valence-electron chi connectivity index (χ4n) is 0.601. The first-order valence-electron chi connectivity index (χ1n) is 4.16. The smallest absolute Gasteiger partial charge is 0.293 e. The van der Waals surface area contributed by atoms with Gasteiger partial charge in [-0.15, -0.1) is 0 Å². The molecule has 0 saturated carbocycles. The molecule has 1 heterocycles. The minimum atomic E-state index is -0.318. The maximum absolute atomic E-state index is 9.60. The SMILES string of the molecule is C1=NCCC1.CC(C)(C)OC=O.